The third-order valence-electron chi connectivity index (χ3n) is 4.70. The van der Waals surface area contributed by atoms with E-state index in [-0.39, 0.29) is 12.1 Å². The summed E-state index contributed by atoms with van der Waals surface area (Å²) in [7, 11) is -3.38. The Labute approximate surface area is 138 Å². The molecule has 1 unspecified atom stereocenters. The van der Waals surface area contributed by atoms with Crippen LogP contribution in [0, 0.1) is 0 Å². The van der Waals surface area contributed by atoms with Gasteiger partial charge in [-0.25, -0.2) is 9.97 Å². The van der Waals surface area contributed by atoms with E-state index in [4.69, 9.17) is 0 Å². The molecule has 0 spiro atoms. The average molecular weight is 339 g/mol. The zero-order valence-corrected chi connectivity index (χ0v) is 14.4. The molecule has 0 aromatic carbocycles. The molecular formula is C15H25N5O2S. The third kappa shape index (κ3) is 3.99. The number of anilines is 1. The number of aromatic nitrogens is 2. The van der Waals surface area contributed by atoms with Crippen molar-refractivity contribution in [2.24, 2.45) is 0 Å². The second kappa shape index (κ2) is 7.11. The van der Waals surface area contributed by atoms with Gasteiger partial charge in [-0.3, -0.25) is 0 Å². The Hall–Kier alpha value is -1.25. The molecule has 0 saturated carbocycles. The van der Waals surface area contributed by atoms with Crippen molar-refractivity contribution in [3.8, 4) is 0 Å². The fraction of sp³-hybridized carbons (Fsp3) is 0.733. The monoisotopic (exact) mass is 339 g/mol. The lowest BCUT2D eigenvalue weighted by Gasteiger charge is -2.36. The summed E-state index contributed by atoms with van der Waals surface area (Å²) in [5.74, 6) is 0.721. The van der Waals surface area contributed by atoms with Gasteiger partial charge in [-0.2, -0.15) is 17.4 Å². The van der Waals surface area contributed by atoms with Crippen molar-refractivity contribution in [1.82, 2.24) is 19.0 Å². The SMILES string of the molecule is CC1CCCCN1S(=O)(=O)NC1CCN(c2ncccn2)CC1. The van der Waals surface area contributed by atoms with Gasteiger partial charge in [0.15, 0.2) is 0 Å². The summed E-state index contributed by atoms with van der Waals surface area (Å²) in [4.78, 5) is 10.6. The Bertz CT molecular complexity index is 602. The normalized spacial score (nSPS) is 24.7. The van der Waals surface area contributed by atoms with E-state index in [0.29, 0.717) is 6.54 Å². The molecule has 2 fully saturated rings. The molecule has 3 rings (SSSR count). The summed E-state index contributed by atoms with van der Waals surface area (Å²) in [6.45, 7) is 4.17. The summed E-state index contributed by atoms with van der Waals surface area (Å²) in [5, 5.41) is 0. The van der Waals surface area contributed by atoms with Crippen LogP contribution in [-0.4, -0.2) is 54.4 Å². The van der Waals surface area contributed by atoms with Crippen molar-refractivity contribution < 1.29 is 8.42 Å². The third-order valence-corrected chi connectivity index (χ3v) is 6.49. The minimum atomic E-state index is -3.38. The van der Waals surface area contributed by atoms with Crippen LogP contribution >= 0.6 is 0 Å². The molecule has 0 amide bonds. The van der Waals surface area contributed by atoms with Crippen molar-refractivity contribution in [2.45, 2.75) is 51.1 Å². The van der Waals surface area contributed by atoms with Gasteiger partial charge in [-0.15, -0.1) is 0 Å². The molecule has 7 nitrogen and oxygen atoms in total. The fourth-order valence-corrected chi connectivity index (χ4v) is 5.10. The van der Waals surface area contributed by atoms with E-state index >= 15 is 0 Å². The first kappa shape index (κ1) is 16.6. The van der Waals surface area contributed by atoms with Gasteiger partial charge in [0.1, 0.15) is 0 Å². The maximum Gasteiger partial charge on any atom is 0.279 e. The highest BCUT2D eigenvalue weighted by Gasteiger charge is 2.32. The van der Waals surface area contributed by atoms with E-state index in [9.17, 15) is 8.42 Å². The highest BCUT2D eigenvalue weighted by molar-refractivity contribution is 7.87. The molecule has 1 aromatic rings. The van der Waals surface area contributed by atoms with Crippen LogP contribution < -0.4 is 9.62 Å². The van der Waals surface area contributed by atoms with E-state index < -0.39 is 10.2 Å². The van der Waals surface area contributed by atoms with Crippen molar-refractivity contribution in [3.05, 3.63) is 18.5 Å². The van der Waals surface area contributed by atoms with Gasteiger partial charge in [0.05, 0.1) is 0 Å². The lowest BCUT2D eigenvalue weighted by molar-refractivity contribution is 0.262. The van der Waals surface area contributed by atoms with Gasteiger partial charge in [0.25, 0.3) is 10.2 Å². The summed E-state index contributed by atoms with van der Waals surface area (Å²) in [5.41, 5.74) is 0. The predicted molar refractivity (Wildman–Crippen MR) is 89.3 cm³/mol. The van der Waals surface area contributed by atoms with Crippen molar-refractivity contribution in [2.75, 3.05) is 24.5 Å². The van der Waals surface area contributed by atoms with E-state index in [1.165, 1.54) is 0 Å². The molecule has 0 bridgehead atoms. The van der Waals surface area contributed by atoms with Crippen LogP contribution in [0.15, 0.2) is 18.5 Å². The molecule has 128 valence electrons. The minimum absolute atomic E-state index is 0.00547. The molecule has 23 heavy (non-hydrogen) atoms. The van der Waals surface area contributed by atoms with Gasteiger partial charge < -0.3 is 4.90 Å². The van der Waals surface area contributed by atoms with Crippen molar-refractivity contribution >= 4 is 16.2 Å². The smallest absolute Gasteiger partial charge is 0.279 e. The number of nitrogens with one attached hydrogen (secondary N) is 1. The molecule has 8 heteroatoms. The Morgan fingerprint density at radius 1 is 1.09 bits per heavy atom. The molecule has 0 radical (unpaired) electrons. The number of hydrogen-bond donors (Lipinski definition) is 1. The maximum atomic E-state index is 12.6. The van der Waals surface area contributed by atoms with Gasteiger partial charge in [0, 0.05) is 44.1 Å². The highest BCUT2D eigenvalue weighted by Crippen LogP contribution is 2.21. The Morgan fingerprint density at radius 3 is 2.43 bits per heavy atom. The zero-order chi connectivity index (χ0) is 16.3. The van der Waals surface area contributed by atoms with Crippen molar-refractivity contribution in [1.29, 1.82) is 0 Å². The largest absolute Gasteiger partial charge is 0.341 e. The van der Waals surface area contributed by atoms with Crippen LogP contribution in [0.2, 0.25) is 0 Å². The Kier molecular flexibility index (Phi) is 5.13. The van der Waals surface area contributed by atoms with E-state index in [2.05, 4.69) is 19.6 Å². The number of hydrogen-bond acceptors (Lipinski definition) is 5. The summed E-state index contributed by atoms with van der Waals surface area (Å²) in [6, 6.07) is 1.89. The standard InChI is InChI=1S/C15H25N5O2S/c1-13-5-2-3-10-20(13)23(21,22)18-14-6-11-19(12-7-14)15-16-8-4-9-17-15/h4,8-9,13-14,18H,2-3,5-7,10-12H2,1H3. The average Bonchev–Trinajstić information content (AvgIpc) is 2.56. The lowest BCUT2D eigenvalue weighted by atomic mass is 10.1. The molecule has 2 aliphatic rings. The van der Waals surface area contributed by atoms with Gasteiger partial charge >= 0.3 is 0 Å². The lowest BCUT2D eigenvalue weighted by Crippen LogP contribution is -2.53. The van der Waals surface area contributed by atoms with Crippen LogP contribution in [-0.2, 0) is 10.2 Å². The molecule has 2 aliphatic heterocycles. The quantitative estimate of drug-likeness (QED) is 0.890. The van der Waals surface area contributed by atoms with Crippen LogP contribution in [0.1, 0.15) is 39.0 Å². The molecule has 1 atom stereocenters. The second-order valence-electron chi connectivity index (χ2n) is 6.39. The highest BCUT2D eigenvalue weighted by atomic mass is 32.2. The summed E-state index contributed by atoms with van der Waals surface area (Å²) in [6.07, 6.45) is 8.03. The fourth-order valence-electron chi connectivity index (χ4n) is 3.36. The van der Waals surface area contributed by atoms with Crippen LogP contribution in [0.4, 0.5) is 5.95 Å². The first-order valence-corrected chi connectivity index (χ1v) is 9.81. The maximum absolute atomic E-state index is 12.6. The predicted octanol–water partition coefficient (Wildman–Crippen LogP) is 1.15. The summed E-state index contributed by atoms with van der Waals surface area (Å²) >= 11 is 0. The van der Waals surface area contributed by atoms with E-state index in [0.717, 1.165) is 51.1 Å². The Morgan fingerprint density at radius 2 is 1.78 bits per heavy atom. The van der Waals surface area contributed by atoms with Crippen LogP contribution in [0.3, 0.4) is 0 Å². The van der Waals surface area contributed by atoms with Crippen molar-refractivity contribution in [3.63, 3.8) is 0 Å². The molecule has 2 saturated heterocycles. The van der Waals surface area contributed by atoms with E-state index in [1.807, 2.05) is 6.92 Å². The first-order chi connectivity index (χ1) is 11.1. The summed E-state index contributed by atoms with van der Waals surface area (Å²) < 4.78 is 29.7. The van der Waals surface area contributed by atoms with Gasteiger partial charge in [-0.1, -0.05) is 6.42 Å². The Balaban J connectivity index is 1.56. The second-order valence-corrected chi connectivity index (χ2v) is 8.04. The minimum Gasteiger partial charge on any atom is -0.341 e. The van der Waals surface area contributed by atoms with E-state index in [1.54, 1.807) is 22.8 Å². The van der Waals surface area contributed by atoms with Gasteiger partial charge in [-0.05, 0) is 38.7 Å². The number of nitrogens with zero attached hydrogens (tertiary/aromatic N) is 4. The molecular weight excluding hydrogens is 314 g/mol. The first-order valence-electron chi connectivity index (χ1n) is 8.37. The molecule has 3 heterocycles. The topological polar surface area (TPSA) is 78.4 Å². The van der Waals surface area contributed by atoms with Crippen LogP contribution in [0.5, 0.6) is 0 Å². The molecule has 0 aliphatic carbocycles. The molecule has 1 N–H and O–H groups in total. The van der Waals surface area contributed by atoms with Gasteiger partial charge in [0.2, 0.25) is 5.95 Å². The molecule has 1 aromatic heterocycles. The number of piperidine rings is 2. The van der Waals surface area contributed by atoms with Crippen LogP contribution in [0.25, 0.3) is 0 Å². The number of rotatable bonds is 4. The zero-order valence-electron chi connectivity index (χ0n) is 13.6.